The van der Waals surface area contributed by atoms with E-state index in [0.717, 1.165) is 15.8 Å². The second-order valence-corrected chi connectivity index (χ2v) is 6.72. The van der Waals surface area contributed by atoms with E-state index in [0.29, 0.717) is 17.8 Å². The van der Waals surface area contributed by atoms with Gasteiger partial charge in [-0.2, -0.15) is 4.68 Å². The van der Waals surface area contributed by atoms with E-state index in [1.165, 1.54) is 36.4 Å². The molecule has 0 saturated carbocycles. The quantitative estimate of drug-likeness (QED) is 0.689. The fraction of sp³-hybridized carbons (Fsp3) is 0.227. The zero-order valence-corrected chi connectivity index (χ0v) is 16.5. The maximum Gasteiger partial charge on any atom is 0.271 e. The number of nitrogens with one attached hydrogen (secondary N) is 1. The van der Waals surface area contributed by atoms with Gasteiger partial charge in [0.05, 0.1) is 5.69 Å². The average Bonchev–Trinajstić information content (AvgIpc) is 2.70. The summed E-state index contributed by atoms with van der Waals surface area (Å²) in [5.41, 5.74) is 2.78. The van der Waals surface area contributed by atoms with E-state index in [-0.39, 0.29) is 11.8 Å². The Labute approximate surface area is 168 Å². The molecule has 0 saturated heterocycles. The third-order valence-electron chi connectivity index (χ3n) is 4.41. The Morgan fingerprint density at radius 2 is 1.86 bits per heavy atom. The van der Waals surface area contributed by atoms with Crippen LogP contribution in [0.4, 0.5) is 10.1 Å². The van der Waals surface area contributed by atoms with Crippen molar-refractivity contribution in [3.63, 3.8) is 0 Å². The lowest BCUT2D eigenvalue weighted by atomic mass is 10.1. The molecule has 1 N–H and O–H groups in total. The van der Waals surface area contributed by atoms with E-state index in [4.69, 9.17) is 4.74 Å². The third-order valence-corrected chi connectivity index (χ3v) is 4.41. The first-order valence-electron chi connectivity index (χ1n) is 9.28. The van der Waals surface area contributed by atoms with Crippen molar-refractivity contribution in [2.45, 2.75) is 33.3 Å². The summed E-state index contributed by atoms with van der Waals surface area (Å²) in [4.78, 5) is 24.8. The molecule has 1 atom stereocenters. The lowest BCUT2D eigenvalue weighted by molar-refractivity contribution is -0.123. The van der Waals surface area contributed by atoms with Crippen molar-refractivity contribution in [1.82, 2.24) is 9.78 Å². The molecule has 1 amide bonds. The highest BCUT2D eigenvalue weighted by Crippen LogP contribution is 2.18. The highest BCUT2D eigenvalue weighted by Gasteiger charge is 2.20. The van der Waals surface area contributed by atoms with Gasteiger partial charge in [-0.15, -0.1) is 5.10 Å². The number of aryl methyl sites for hydroxylation is 2. The summed E-state index contributed by atoms with van der Waals surface area (Å²) in [6, 6.07) is 13.8. The van der Waals surface area contributed by atoms with Gasteiger partial charge in [0.15, 0.2) is 6.10 Å². The van der Waals surface area contributed by atoms with E-state index in [9.17, 15) is 14.0 Å². The zero-order valence-electron chi connectivity index (χ0n) is 16.5. The average molecular weight is 395 g/mol. The molecule has 1 aromatic heterocycles. The van der Waals surface area contributed by atoms with E-state index < -0.39 is 17.5 Å². The first kappa shape index (κ1) is 20.3. The topological polar surface area (TPSA) is 73.2 Å². The van der Waals surface area contributed by atoms with Crippen LogP contribution < -0.4 is 15.6 Å². The van der Waals surface area contributed by atoms with Crippen LogP contribution in [0.5, 0.6) is 5.88 Å². The van der Waals surface area contributed by atoms with E-state index in [1.807, 2.05) is 39.0 Å². The standard InChI is InChI=1S/C22H22FN3O3/c1-4-19(22(28)24-18-10-5-14(2)13-15(18)3)29-20-11-12-21(27)26(25-20)17-8-6-16(23)7-9-17/h5-13,19H,4H2,1-3H3,(H,24,28)/t19-/m0/s1. The van der Waals surface area contributed by atoms with Gasteiger partial charge in [-0.05, 0) is 56.2 Å². The Bertz CT molecular complexity index is 1080. The number of benzene rings is 2. The third kappa shape index (κ3) is 4.87. The molecule has 0 aliphatic carbocycles. The number of amides is 1. The number of nitrogens with zero attached hydrogens (tertiary/aromatic N) is 2. The highest BCUT2D eigenvalue weighted by atomic mass is 19.1. The van der Waals surface area contributed by atoms with Gasteiger partial charge >= 0.3 is 0 Å². The Kier molecular flexibility index (Phi) is 6.07. The minimum Gasteiger partial charge on any atom is -0.463 e. The van der Waals surface area contributed by atoms with Crippen molar-refractivity contribution in [3.8, 4) is 11.6 Å². The number of rotatable bonds is 6. The second-order valence-electron chi connectivity index (χ2n) is 6.72. The van der Waals surface area contributed by atoms with Gasteiger partial charge in [-0.1, -0.05) is 24.6 Å². The summed E-state index contributed by atoms with van der Waals surface area (Å²) in [6.45, 7) is 5.73. The lowest BCUT2D eigenvalue weighted by Gasteiger charge is -2.18. The smallest absolute Gasteiger partial charge is 0.271 e. The SMILES string of the molecule is CC[C@H](Oc1ccc(=O)n(-c2ccc(F)cc2)n1)C(=O)Nc1ccc(C)cc1C. The summed E-state index contributed by atoms with van der Waals surface area (Å²) < 4.78 is 20.0. The van der Waals surface area contributed by atoms with E-state index in [2.05, 4.69) is 10.4 Å². The van der Waals surface area contributed by atoms with Crippen LogP contribution in [0.2, 0.25) is 0 Å². The van der Waals surface area contributed by atoms with Gasteiger partial charge in [0.2, 0.25) is 5.88 Å². The second kappa shape index (κ2) is 8.68. The number of hydrogen-bond acceptors (Lipinski definition) is 4. The maximum absolute atomic E-state index is 13.1. The first-order valence-corrected chi connectivity index (χ1v) is 9.28. The summed E-state index contributed by atoms with van der Waals surface area (Å²) in [7, 11) is 0. The summed E-state index contributed by atoms with van der Waals surface area (Å²) in [6.07, 6.45) is -0.379. The molecule has 6 nitrogen and oxygen atoms in total. The van der Waals surface area contributed by atoms with E-state index in [1.54, 1.807) is 0 Å². The van der Waals surface area contributed by atoms with Gasteiger partial charge < -0.3 is 10.1 Å². The Hall–Kier alpha value is -3.48. The molecule has 150 valence electrons. The van der Waals surface area contributed by atoms with Crippen LogP contribution >= 0.6 is 0 Å². The van der Waals surface area contributed by atoms with Gasteiger partial charge in [-0.3, -0.25) is 9.59 Å². The van der Waals surface area contributed by atoms with Crippen LogP contribution in [0.25, 0.3) is 5.69 Å². The van der Waals surface area contributed by atoms with Crippen molar-refractivity contribution in [3.05, 3.63) is 81.9 Å². The zero-order chi connectivity index (χ0) is 21.0. The summed E-state index contributed by atoms with van der Waals surface area (Å²) in [5, 5.41) is 7.03. The molecule has 29 heavy (non-hydrogen) atoms. The lowest BCUT2D eigenvalue weighted by Crippen LogP contribution is -2.33. The van der Waals surface area contributed by atoms with Crippen molar-refractivity contribution in [2.24, 2.45) is 0 Å². The number of hydrogen-bond donors (Lipinski definition) is 1. The van der Waals surface area contributed by atoms with Crippen LogP contribution in [-0.2, 0) is 4.79 Å². The molecule has 0 fully saturated rings. The summed E-state index contributed by atoms with van der Waals surface area (Å²) in [5.74, 6) is -0.597. The fourth-order valence-corrected chi connectivity index (χ4v) is 2.86. The van der Waals surface area contributed by atoms with Gasteiger partial charge in [-0.25, -0.2) is 4.39 Å². The van der Waals surface area contributed by atoms with Crippen molar-refractivity contribution < 1.29 is 13.9 Å². The van der Waals surface area contributed by atoms with Gasteiger partial charge in [0.1, 0.15) is 5.82 Å². The minimum atomic E-state index is -0.789. The molecule has 1 heterocycles. The molecular weight excluding hydrogens is 373 g/mol. The molecule has 0 spiro atoms. The van der Waals surface area contributed by atoms with Crippen LogP contribution in [-0.4, -0.2) is 21.8 Å². The van der Waals surface area contributed by atoms with Crippen molar-refractivity contribution >= 4 is 11.6 Å². The Morgan fingerprint density at radius 1 is 1.14 bits per heavy atom. The predicted octanol–water partition coefficient (Wildman–Crippen LogP) is 3.78. The first-order chi connectivity index (χ1) is 13.9. The highest BCUT2D eigenvalue weighted by molar-refractivity contribution is 5.95. The summed E-state index contributed by atoms with van der Waals surface area (Å²) >= 11 is 0. The maximum atomic E-state index is 13.1. The number of aromatic nitrogens is 2. The number of carbonyl (C=O) groups excluding carboxylic acids is 1. The Balaban J connectivity index is 1.79. The molecular formula is C22H22FN3O3. The van der Waals surface area contributed by atoms with Crippen molar-refractivity contribution in [1.29, 1.82) is 0 Å². The number of anilines is 1. The number of halogens is 1. The Morgan fingerprint density at radius 3 is 2.52 bits per heavy atom. The molecule has 3 rings (SSSR count). The van der Waals surface area contributed by atoms with Crippen LogP contribution in [0, 0.1) is 19.7 Å². The molecule has 3 aromatic rings. The molecule has 0 aliphatic heterocycles. The van der Waals surface area contributed by atoms with Gasteiger partial charge in [0.25, 0.3) is 11.5 Å². The van der Waals surface area contributed by atoms with Crippen LogP contribution in [0.1, 0.15) is 24.5 Å². The van der Waals surface area contributed by atoms with Crippen molar-refractivity contribution in [2.75, 3.05) is 5.32 Å². The fourth-order valence-electron chi connectivity index (χ4n) is 2.86. The molecule has 0 unspecified atom stereocenters. The molecule has 0 radical (unpaired) electrons. The van der Waals surface area contributed by atoms with Crippen LogP contribution in [0.15, 0.2) is 59.4 Å². The van der Waals surface area contributed by atoms with E-state index >= 15 is 0 Å². The monoisotopic (exact) mass is 395 g/mol. The van der Waals surface area contributed by atoms with Gasteiger partial charge in [0, 0.05) is 17.8 Å². The molecule has 2 aromatic carbocycles. The molecule has 7 heteroatoms. The largest absolute Gasteiger partial charge is 0.463 e. The number of ether oxygens (including phenoxy) is 1. The molecule has 0 aliphatic rings. The normalized spacial score (nSPS) is 11.7. The molecule has 0 bridgehead atoms. The number of carbonyl (C=O) groups is 1. The van der Waals surface area contributed by atoms with Crippen LogP contribution in [0.3, 0.4) is 0 Å². The minimum absolute atomic E-state index is 0.122. The predicted molar refractivity (Wildman–Crippen MR) is 109 cm³/mol.